The first kappa shape index (κ1) is 52.2. The van der Waals surface area contributed by atoms with Crippen molar-refractivity contribution >= 4 is 82.0 Å². The summed E-state index contributed by atoms with van der Waals surface area (Å²) in [5.74, 6) is -0.500. The molecule has 0 spiro atoms. The first-order valence-electron chi connectivity index (χ1n) is 25.6. The normalized spacial score (nSPS) is 18.0. The minimum absolute atomic E-state index is 0.113. The van der Waals surface area contributed by atoms with Crippen LogP contribution in [0.1, 0.15) is 97.6 Å². The predicted molar refractivity (Wildman–Crippen MR) is 287 cm³/mol. The molecule has 5 aliphatic heterocycles. The van der Waals surface area contributed by atoms with Gasteiger partial charge in [0.05, 0.1) is 54.9 Å². The number of rotatable bonds is 21. The smallest absolute Gasteiger partial charge is 0.260 e. The van der Waals surface area contributed by atoms with Crippen molar-refractivity contribution in [2.45, 2.75) is 89.9 Å². The zero-order valence-electron chi connectivity index (χ0n) is 42.8. The number of methoxy groups -OCH3 is 1. The molecule has 5 heterocycles. The summed E-state index contributed by atoms with van der Waals surface area (Å²) in [4.78, 5) is 104. The van der Waals surface area contributed by atoms with Crippen LogP contribution < -0.4 is 30.2 Å². The molecule has 9 rings (SSSR count). The molecule has 0 saturated carbocycles. The third kappa shape index (κ3) is 12.0. The Morgan fingerprint density at radius 3 is 1.68 bits per heavy atom. The Labute approximate surface area is 440 Å². The number of nitrogens with one attached hydrogen (secondary N) is 3. The Kier molecular flexibility index (Phi) is 16.0. The first-order valence-corrected chi connectivity index (χ1v) is 25.6. The Morgan fingerprint density at radius 2 is 1.16 bits per heavy atom. The molecule has 0 radical (unpaired) electrons. The van der Waals surface area contributed by atoms with Crippen molar-refractivity contribution in [2.75, 3.05) is 32.2 Å². The van der Waals surface area contributed by atoms with Gasteiger partial charge in [0, 0.05) is 87.0 Å². The third-order valence-corrected chi connectivity index (χ3v) is 13.8. The molecule has 7 amide bonds. The quantitative estimate of drug-likeness (QED) is 0.0550. The fourth-order valence-corrected chi connectivity index (χ4v) is 9.52. The molecular formula is C58H60N8O10. The van der Waals surface area contributed by atoms with Gasteiger partial charge in [-0.05, 0) is 96.5 Å². The molecule has 5 aliphatic rings. The molecule has 0 aliphatic carbocycles. The van der Waals surface area contributed by atoms with E-state index >= 15 is 0 Å². The maximum Gasteiger partial charge on any atom is 0.260 e. The molecule has 76 heavy (non-hydrogen) atoms. The highest BCUT2D eigenvalue weighted by atomic mass is 16.5. The lowest BCUT2D eigenvalue weighted by atomic mass is 10.0. The standard InChI is InChI=1S/C58H60N8O10/c1-35(2)54(63-51(67)9-6-5-7-24-64-52(68)22-23-53(64)69)56(71)61-36(3)55(70)62-41-14-10-37(11-15-41)39-27-42-31-59-49-29-45(18-20-47(49)57(72)65(42)33-39)75-25-8-26-76-46-19-21-48-50(30-46)60-32-43-28-40(34-66(43)58(48)73)38-12-16-44(74-4)17-13-38/h10-23,29-36,42-43,54H,5-9,24-28H2,1-4H3,(H,61,71)(H,62,70)(H,63,67)/t36-,42-,43-,54?/m0/s1. The summed E-state index contributed by atoms with van der Waals surface area (Å²) in [5, 5.41) is 8.34. The van der Waals surface area contributed by atoms with E-state index < -0.39 is 23.9 Å². The molecular weight excluding hydrogens is 969 g/mol. The molecule has 18 heteroatoms. The van der Waals surface area contributed by atoms with Crippen LogP contribution in [-0.2, 0) is 24.0 Å². The van der Waals surface area contributed by atoms with Crippen LogP contribution >= 0.6 is 0 Å². The van der Waals surface area contributed by atoms with Crippen LogP contribution in [0.5, 0.6) is 17.2 Å². The molecule has 4 aromatic carbocycles. The highest BCUT2D eigenvalue weighted by Crippen LogP contribution is 2.38. The van der Waals surface area contributed by atoms with E-state index in [1.54, 1.807) is 92.4 Å². The van der Waals surface area contributed by atoms with Gasteiger partial charge in [0.15, 0.2) is 0 Å². The Bertz CT molecular complexity index is 3070. The van der Waals surface area contributed by atoms with Crippen molar-refractivity contribution in [3.63, 3.8) is 0 Å². The van der Waals surface area contributed by atoms with Crippen LogP contribution in [0.2, 0.25) is 0 Å². The molecule has 392 valence electrons. The maximum atomic E-state index is 13.9. The van der Waals surface area contributed by atoms with Crippen molar-refractivity contribution in [1.29, 1.82) is 0 Å². The highest BCUT2D eigenvalue weighted by Gasteiger charge is 2.35. The summed E-state index contributed by atoms with van der Waals surface area (Å²) in [6.07, 6.45) is 13.5. The average Bonchev–Trinajstić information content (AvgIpc) is 4.11. The fraction of sp³-hybridized carbons (Fsp3) is 0.328. The number of carbonyl (C=O) groups is 7. The molecule has 4 aromatic rings. The van der Waals surface area contributed by atoms with Crippen LogP contribution in [0, 0.1) is 5.92 Å². The van der Waals surface area contributed by atoms with Gasteiger partial charge in [0.25, 0.3) is 23.6 Å². The zero-order valence-corrected chi connectivity index (χ0v) is 42.8. The first-order chi connectivity index (χ1) is 36.7. The van der Waals surface area contributed by atoms with Gasteiger partial charge in [-0.3, -0.25) is 48.4 Å². The predicted octanol–water partition coefficient (Wildman–Crippen LogP) is 7.56. The summed E-state index contributed by atoms with van der Waals surface area (Å²) in [5.41, 5.74) is 6.44. The fourth-order valence-electron chi connectivity index (χ4n) is 9.52. The maximum absolute atomic E-state index is 13.9. The number of hydrogen-bond donors (Lipinski definition) is 3. The van der Waals surface area contributed by atoms with E-state index in [9.17, 15) is 33.6 Å². The average molecular weight is 1030 g/mol. The minimum atomic E-state index is -0.911. The second-order valence-corrected chi connectivity index (χ2v) is 19.5. The summed E-state index contributed by atoms with van der Waals surface area (Å²) < 4.78 is 17.4. The Morgan fingerprint density at radius 1 is 0.632 bits per heavy atom. The number of hydrogen-bond acceptors (Lipinski definition) is 12. The molecule has 18 nitrogen and oxygen atoms in total. The molecule has 0 bridgehead atoms. The van der Waals surface area contributed by atoms with Crippen molar-refractivity contribution < 1.29 is 47.8 Å². The number of benzene rings is 4. The van der Waals surface area contributed by atoms with E-state index in [1.807, 2.05) is 55.0 Å². The molecule has 3 N–H and O–H groups in total. The van der Waals surface area contributed by atoms with E-state index in [-0.39, 0.29) is 60.5 Å². The lowest BCUT2D eigenvalue weighted by Crippen LogP contribution is -2.53. The molecule has 0 fully saturated rings. The van der Waals surface area contributed by atoms with E-state index in [4.69, 9.17) is 19.2 Å². The molecule has 0 saturated heterocycles. The SMILES string of the molecule is COc1ccc(C2=CN3C(=O)c4ccc(OCCCOc5ccc6c(c5)N=C[C@@H]5CC(c7ccc(NC(=O)[C@H](C)NC(=O)C(NC(=O)CCCCCN8C(=O)C=CC8=O)C(C)C)cc7)=CN5C6=O)cc4N=C[C@@H]3C2)cc1. The largest absolute Gasteiger partial charge is 0.497 e. The van der Waals surface area contributed by atoms with Gasteiger partial charge < -0.3 is 40.0 Å². The number of imide groups is 1. The van der Waals surface area contributed by atoms with E-state index in [2.05, 4.69) is 20.9 Å². The van der Waals surface area contributed by atoms with Gasteiger partial charge in [0.1, 0.15) is 29.3 Å². The lowest BCUT2D eigenvalue weighted by Gasteiger charge is -2.24. The van der Waals surface area contributed by atoms with E-state index in [1.165, 1.54) is 17.1 Å². The van der Waals surface area contributed by atoms with Crippen LogP contribution in [0.15, 0.2) is 119 Å². The van der Waals surface area contributed by atoms with E-state index in [0.29, 0.717) is 91.4 Å². The topological polar surface area (TPSA) is 218 Å². The summed E-state index contributed by atoms with van der Waals surface area (Å²) in [6.45, 7) is 6.18. The van der Waals surface area contributed by atoms with Crippen molar-refractivity contribution in [3.8, 4) is 17.2 Å². The molecule has 0 aromatic heterocycles. The van der Waals surface area contributed by atoms with Crippen LogP contribution in [0.3, 0.4) is 0 Å². The van der Waals surface area contributed by atoms with Gasteiger partial charge in [-0.1, -0.05) is 44.5 Å². The van der Waals surface area contributed by atoms with Gasteiger partial charge in [-0.15, -0.1) is 0 Å². The summed E-state index contributed by atoms with van der Waals surface area (Å²) in [6, 6.07) is 23.4. The van der Waals surface area contributed by atoms with Crippen LogP contribution in [-0.4, -0.2) is 120 Å². The third-order valence-electron chi connectivity index (χ3n) is 13.8. The lowest BCUT2D eigenvalue weighted by molar-refractivity contribution is -0.137. The number of ether oxygens (including phenoxy) is 3. The van der Waals surface area contributed by atoms with E-state index in [0.717, 1.165) is 28.0 Å². The van der Waals surface area contributed by atoms with Crippen LogP contribution in [0.25, 0.3) is 11.1 Å². The number of anilines is 1. The zero-order chi connectivity index (χ0) is 53.5. The Balaban J connectivity index is 0.703. The van der Waals surface area contributed by atoms with Gasteiger partial charge in [-0.25, -0.2) is 0 Å². The van der Waals surface area contributed by atoms with Crippen molar-refractivity contribution in [2.24, 2.45) is 15.9 Å². The number of amides is 7. The molecule has 4 atom stereocenters. The van der Waals surface area contributed by atoms with Gasteiger partial charge in [0.2, 0.25) is 17.7 Å². The monoisotopic (exact) mass is 1030 g/mol. The van der Waals surface area contributed by atoms with Gasteiger partial charge >= 0.3 is 0 Å². The second-order valence-electron chi connectivity index (χ2n) is 19.5. The highest BCUT2D eigenvalue weighted by molar-refractivity contribution is 6.13. The van der Waals surface area contributed by atoms with Crippen LogP contribution in [0.4, 0.5) is 17.1 Å². The second kappa shape index (κ2) is 23.3. The number of nitrogens with zero attached hydrogens (tertiary/aromatic N) is 5. The van der Waals surface area contributed by atoms with Crippen molar-refractivity contribution in [1.82, 2.24) is 25.3 Å². The van der Waals surface area contributed by atoms with Gasteiger partial charge in [-0.2, -0.15) is 0 Å². The van der Waals surface area contributed by atoms with Crippen molar-refractivity contribution in [3.05, 3.63) is 132 Å². The number of aliphatic imine (C=N–C) groups is 2. The summed E-state index contributed by atoms with van der Waals surface area (Å²) in [7, 11) is 1.63. The number of unbranched alkanes of at least 4 members (excludes halogenated alkanes) is 2. The Hall–Kier alpha value is -8.67. The minimum Gasteiger partial charge on any atom is -0.497 e. The molecule has 1 unspecified atom stereocenters. The number of fused-ring (bicyclic) bond motifs is 4. The number of carbonyl (C=O) groups excluding carboxylic acids is 7. The summed E-state index contributed by atoms with van der Waals surface area (Å²) >= 11 is 0.